The number of hydrogen-bond donors (Lipinski definition) is 2. The van der Waals surface area contributed by atoms with Gasteiger partial charge in [0, 0.05) is 11.9 Å². The van der Waals surface area contributed by atoms with Crippen molar-refractivity contribution in [1.29, 1.82) is 0 Å². The Morgan fingerprint density at radius 2 is 1.79 bits per heavy atom. The molecule has 0 aliphatic rings. The van der Waals surface area contributed by atoms with Gasteiger partial charge in [0.15, 0.2) is 14.9 Å². The van der Waals surface area contributed by atoms with Crippen LogP contribution in [-0.4, -0.2) is 19.8 Å². The summed E-state index contributed by atoms with van der Waals surface area (Å²) in [6, 6.07) is 9.53. The van der Waals surface area contributed by atoms with E-state index in [2.05, 4.69) is 10.6 Å². The van der Waals surface area contributed by atoms with Crippen molar-refractivity contribution in [2.24, 2.45) is 0 Å². The van der Waals surface area contributed by atoms with Crippen molar-refractivity contribution in [3.05, 3.63) is 58.6 Å². The first-order valence-electron chi connectivity index (χ1n) is 8.16. The number of thiocarbonyl (C=S) groups is 1. The number of benzene rings is 2. The molecule has 0 amide bonds. The summed E-state index contributed by atoms with van der Waals surface area (Å²) in [5.41, 5.74) is -0.00647. The van der Waals surface area contributed by atoms with Crippen molar-refractivity contribution in [1.82, 2.24) is 5.32 Å². The maximum absolute atomic E-state index is 13.0. The third-order valence-electron chi connectivity index (χ3n) is 3.95. The lowest BCUT2D eigenvalue weighted by Crippen LogP contribution is -2.32. The lowest BCUT2D eigenvalue weighted by atomic mass is 10.1. The van der Waals surface area contributed by atoms with Crippen LogP contribution in [0.25, 0.3) is 0 Å². The predicted molar refractivity (Wildman–Crippen MR) is 108 cm³/mol. The van der Waals surface area contributed by atoms with E-state index in [4.69, 9.17) is 23.8 Å². The average Bonchev–Trinajstić information content (AvgIpc) is 2.59. The molecule has 0 spiro atoms. The molecule has 0 fully saturated rings. The lowest BCUT2D eigenvalue weighted by Gasteiger charge is -2.21. The van der Waals surface area contributed by atoms with Gasteiger partial charge in [-0.15, -0.1) is 0 Å². The molecule has 2 aromatic carbocycles. The van der Waals surface area contributed by atoms with E-state index >= 15 is 0 Å². The van der Waals surface area contributed by atoms with Crippen LogP contribution in [0.1, 0.15) is 30.5 Å². The molecule has 4 nitrogen and oxygen atoms in total. The molecule has 2 aromatic rings. The van der Waals surface area contributed by atoms with Crippen LogP contribution < -0.4 is 10.6 Å². The van der Waals surface area contributed by atoms with E-state index in [0.29, 0.717) is 6.42 Å². The summed E-state index contributed by atoms with van der Waals surface area (Å²) in [4.78, 5) is 0.202. The minimum absolute atomic E-state index is 0.134. The molecule has 2 N–H and O–H groups in total. The largest absolute Gasteiger partial charge is 0.417 e. The normalized spacial score (nSPS) is 13.1. The second-order valence-corrected chi connectivity index (χ2v) is 8.92. The molecule has 0 aliphatic heterocycles. The third kappa shape index (κ3) is 5.83. The van der Waals surface area contributed by atoms with E-state index in [0.717, 1.165) is 24.0 Å². The second kappa shape index (κ2) is 8.67. The number of alkyl halides is 3. The Labute approximate surface area is 172 Å². The van der Waals surface area contributed by atoms with Gasteiger partial charge in [-0.05, 0) is 54.5 Å². The Morgan fingerprint density at radius 1 is 1.18 bits per heavy atom. The molecule has 28 heavy (non-hydrogen) atoms. The van der Waals surface area contributed by atoms with E-state index in [1.807, 2.05) is 6.92 Å². The molecule has 0 radical (unpaired) electrons. The molecule has 0 bridgehead atoms. The van der Waals surface area contributed by atoms with Crippen LogP contribution in [0.15, 0.2) is 47.4 Å². The first-order chi connectivity index (χ1) is 12.9. The molecule has 0 aliphatic carbocycles. The topological polar surface area (TPSA) is 58.2 Å². The molecular weight excluding hydrogens is 433 g/mol. The van der Waals surface area contributed by atoms with Gasteiger partial charge >= 0.3 is 6.18 Å². The highest BCUT2D eigenvalue weighted by Crippen LogP contribution is 2.36. The van der Waals surface area contributed by atoms with Crippen LogP contribution in [-0.2, 0) is 16.0 Å². The van der Waals surface area contributed by atoms with Gasteiger partial charge in [-0.3, -0.25) is 0 Å². The lowest BCUT2D eigenvalue weighted by molar-refractivity contribution is -0.137. The van der Waals surface area contributed by atoms with Crippen molar-refractivity contribution in [2.75, 3.05) is 11.6 Å². The molecule has 1 unspecified atom stereocenters. The van der Waals surface area contributed by atoms with E-state index in [9.17, 15) is 21.6 Å². The average molecular weight is 451 g/mol. The maximum atomic E-state index is 13.0. The summed E-state index contributed by atoms with van der Waals surface area (Å²) in [7, 11) is -3.30. The van der Waals surface area contributed by atoms with Crippen LogP contribution in [0.4, 0.5) is 18.9 Å². The second-order valence-electron chi connectivity index (χ2n) is 6.09. The number of rotatable bonds is 5. The Kier molecular flexibility index (Phi) is 6.95. The molecule has 0 saturated carbocycles. The van der Waals surface area contributed by atoms with Gasteiger partial charge in [0.1, 0.15) is 0 Å². The van der Waals surface area contributed by atoms with Gasteiger partial charge in [0.25, 0.3) is 0 Å². The predicted octanol–water partition coefficient (Wildman–Crippen LogP) is 5.20. The van der Waals surface area contributed by atoms with Gasteiger partial charge in [-0.1, -0.05) is 30.7 Å². The molecule has 1 atom stereocenters. The zero-order valence-electron chi connectivity index (χ0n) is 15.0. The molecule has 0 heterocycles. The van der Waals surface area contributed by atoms with Crippen molar-refractivity contribution in [3.63, 3.8) is 0 Å². The van der Waals surface area contributed by atoms with Crippen LogP contribution >= 0.6 is 23.8 Å². The zero-order chi connectivity index (χ0) is 21.1. The van der Waals surface area contributed by atoms with Crippen LogP contribution in [0.2, 0.25) is 5.02 Å². The smallest absolute Gasteiger partial charge is 0.356 e. The van der Waals surface area contributed by atoms with E-state index in [1.165, 1.54) is 18.2 Å². The molecular formula is C18H18ClF3N2O2S2. The monoisotopic (exact) mass is 450 g/mol. The molecule has 0 aromatic heterocycles. The fourth-order valence-corrected chi connectivity index (χ4v) is 3.63. The minimum atomic E-state index is -4.57. The van der Waals surface area contributed by atoms with Gasteiger partial charge in [-0.2, -0.15) is 13.2 Å². The maximum Gasteiger partial charge on any atom is 0.417 e. The number of halogens is 4. The summed E-state index contributed by atoms with van der Waals surface area (Å²) in [5.74, 6) is 0. The molecule has 10 heteroatoms. The molecule has 152 valence electrons. The van der Waals surface area contributed by atoms with Crippen LogP contribution in [0.3, 0.4) is 0 Å². The number of nitrogens with one attached hydrogen (secondary N) is 2. The third-order valence-corrected chi connectivity index (χ3v) is 5.63. The van der Waals surface area contributed by atoms with Gasteiger partial charge in [-0.25, -0.2) is 8.42 Å². The van der Waals surface area contributed by atoms with E-state index < -0.39 is 26.6 Å². The van der Waals surface area contributed by atoms with Crippen molar-refractivity contribution < 1.29 is 21.6 Å². The first-order valence-corrected chi connectivity index (χ1v) is 10.8. The highest BCUT2D eigenvalue weighted by molar-refractivity contribution is 7.90. The van der Waals surface area contributed by atoms with E-state index in [-0.39, 0.29) is 21.7 Å². The van der Waals surface area contributed by atoms with Crippen molar-refractivity contribution >= 4 is 44.5 Å². The highest BCUT2D eigenvalue weighted by atomic mass is 35.5. The summed E-state index contributed by atoms with van der Waals surface area (Å²) in [6.07, 6.45) is -2.83. The van der Waals surface area contributed by atoms with Crippen LogP contribution in [0, 0.1) is 0 Å². The molecule has 0 saturated heterocycles. The Bertz CT molecular complexity index is 962. The first kappa shape index (κ1) is 22.4. The van der Waals surface area contributed by atoms with Gasteiger partial charge in [0.05, 0.1) is 21.5 Å². The summed E-state index contributed by atoms with van der Waals surface area (Å²) < 4.78 is 62.0. The van der Waals surface area contributed by atoms with Crippen molar-refractivity contribution in [2.45, 2.75) is 30.5 Å². The fourth-order valence-electron chi connectivity index (χ4n) is 2.51. The number of sulfone groups is 1. The zero-order valence-corrected chi connectivity index (χ0v) is 17.4. The Morgan fingerprint density at radius 3 is 2.29 bits per heavy atom. The highest BCUT2D eigenvalue weighted by Gasteiger charge is 2.33. The summed E-state index contributed by atoms with van der Waals surface area (Å²) in [5, 5.41) is 5.48. The van der Waals surface area contributed by atoms with E-state index in [1.54, 1.807) is 12.1 Å². The van der Waals surface area contributed by atoms with Crippen LogP contribution in [0.5, 0.6) is 0 Å². The minimum Gasteiger partial charge on any atom is -0.356 e. The summed E-state index contributed by atoms with van der Waals surface area (Å²) in [6.45, 7) is 1.90. The molecule has 2 rings (SSSR count). The number of hydrogen-bond acceptors (Lipinski definition) is 3. The van der Waals surface area contributed by atoms with Gasteiger partial charge < -0.3 is 10.6 Å². The Balaban J connectivity index is 2.13. The summed E-state index contributed by atoms with van der Waals surface area (Å²) >= 11 is 10.8. The fraction of sp³-hybridized carbons (Fsp3) is 0.278. The van der Waals surface area contributed by atoms with Crippen molar-refractivity contribution in [3.8, 4) is 0 Å². The number of anilines is 1. The quantitative estimate of drug-likeness (QED) is 0.613. The van der Waals surface area contributed by atoms with Gasteiger partial charge in [0.2, 0.25) is 0 Å². The standard InChI is InChI=1S/C18H18ClF3N2O2S2/c1-3-16(11-4-7-13(8-5-11)28(2,25)26)24-17(27)23-12-6-9-15(19)14(10-12)18(20,21)22/h4-10,16H,3H2,1-2H3,(H2,23,24,27). The Hall–Kier alpha value is -1.84. The SMILES string of the molecule is CCC(NC(=S)Nc1ccc(Cl)c(C(F)(F)F)c1)c1ccc(S(C)(=O)=O)cc1.